The van der Waals surface area contributed by atoms with Crippen LogP contribution in [0.1, 0.15) is 16.7 Å². The molecule has 3 N–H and O–H groups in total. The second-order valence-electron chi connectivity index (χ2n) is 5.24. The van der Waals surface area contributed by atoms with Crippen LogP contribution in [0.2, 0.25) is 0 Å². The maximum absolute atomic E-state index is 11.9. The van der Waals surface area contributed by atoms with Crippen molar-refractivity contribution in [1.29, 1.82) is 0 Å². The monoisotopic (exact) mass is 313 g/mol. The zero-order valence-corrected chi connectivity index (χ0v) is 13.0. The van der Waals surface area contributed by atoms with E-state index in [1.54, 1.807) is 12.1 Å². The van der Waals surface area contributed by atoms with Crippen molar-refractivity contribution in [3.05, 3.63) is 65.2 Å². The van der Waals surface area contributed by atoms with Crippen molar-refractivity contribution in [2.75, 3.05) is 5.01 Å². The summed E-state index contributed by atoms with van der Waals surface area (Å²) in [4.78, 5) is 23.4. The largest absolute Gasteiger partial charge is 0.463 e. The highest BCUT2D eigenvalue weighted by Crippen LogP contribution is 2.17. The van der Waals surface area contributed by atoms with E-state index in [4.69, 9.17) is 0 Å². The molecule has 0 aliphatic carbocycles. The predicted molar refractivity (Wildman–Crippen MR) is 88.2 cm³/mol. The SMILES string of the molecule is Cc1cc(C)cc(N(NC(=O)NCc2ccccc2)C(=O)O)c1. The van der Waals surface area contributed by atoms with E-state index in [0.29, 0.717) is 12.2 Å². The van der Waals surface area contributed by atoms with Crippen LogP contribution in [0, 0.1) is 13.8 Å². The van der Waals surface area contributed by atoms with Crippen LogP contribution in [-0.4, -0.2) is 17.2 Å². The summed E-state index contributed by atoms with van der Waals surface area (Å²) in [7, 11) is 0. The lowest BCUT2D eigenvalue weighted by atomic mass is 10.1. The third kappa shape index (κ3) is 4.74. The first-order chi connectivity index (χ1) is 11.0. The van der Waals surface area contributed by atoms with Crippen molar-refractivity contribution in [2.24, 2.45) is 0 Å². The molecule has 120 valence electrons. The minimum Gasteiger partial charge on any atom is -0.463 e. The topological polar surface area (TPSA) is 81.7 Å². The van der Waals surface area contributed by atoms with Gasteiger partial charge >= 0.3 is 12.1 Å². The molecule has 2 rings (SSSR count). The molecule has 0 saturated heterocycles. The van der Waals surface area contributed by atoms with Crippen LogP contribution in [0.25, 0.3) is 0 Å². The summed E-state index contributed by atoms with van der Waals surface area (Å²) in [6.07, 6.45) is -1.26. The Morgan fingerprint density at radius 1 is 1.04 bits per heavy atom. The number of aryl methyl sites for hydroxylation is 2. The van der Waals surface area contributed by atoms with Gasteiger partial charge in [-0.05, 0) is 42.7 Å². The summed E-state index contributed by atoms with van der Waals surface area (Å²) in [6, 6.07) is 14.1. The fraction of sp³-hybridized carbons (Fsp3) is 0.176. The van der Waals surface area contributed by atoms with Gasteiger partial charge in [-0.1, -0.05) is 36.4 Å². The molecular formula is C17H19N3O3. The van der Waals surface area contributed by atoms with Gasteiger partial charge in [-0.3, -0.25) is 0 Å². The molecule has 0 aliphatic heterocycles. The predicted octanol–water partition coefficient (Wildman–Crippen LogP) is 3.20. The number of benzene rings is 2. The molecule has 0 saturated carbocycles. The number of hydrogen-bond donors (Lipinski definition) is 3. The minimum atomic E-state index is -1.26. The zero-order chi connectivity index (χ0) is 16.8. The van der Waals surface area contributed by atoms with E-state index >= 15 is 0 Å². The van der Waals surface area contributed by atoms with Crippen molar-refractivity contribution in [2.45, 2.75) is 20.4 Å². The average molecular weight is 313 g/mol. The Bertz CT molecular complexity index is 681. The first kappa shape index (κ1) is 16.4. The quantitative estimate of drug-likeness (QED) is 0.761. The molecule has 0 heterocycles. The van der Waals surface area contributed by atoms with Gasteiger partial charge in [-0.25, -0.2) is 15.0 Å². The highest BCUT2D eigenvalue weighted by molar-refractivity contribution is 5.90. The third-order valence-corrected chi connectivity index (χ3v) is 3.17. The molecule has 0 fully saturated rings. The van der Waals surface area contributed by atoms with E-state index < -0.39 is 12.1 Å². The summed E-state index contributed by atoms with van der Waals surface area (Å²) in [5.41, 5.74) is 5.49. The molecule has 2 aromatic carbocycles. The molecule has 0 unspecified atom stereocenters. The maximum atomic E-state index is 11.9. The molecule has 0 aliphatic rings. The van der Waals surface area contributed by atoms with E-state index in [2.05, 4.69) is 10.7 Å². The van der Waals surface area contributed by atoms with Crippen LogP contribution in [-0.2, 0) is 6.54 Å². The molecular weight excluding hydrogens is 294 g/mol. The molecule has 0 spiro atoms. The van der Waals surface area contributed by atoms with Crippen LogP contribution in [0.5, 0.6) is 0 Å². The first-order valence-corrected chi connectivity index (χ1v) is 7.15. The fourth-order valence-corrected chi connectivity index (χ4v) is 2.22. The van der Waals surface area contributed by atoms with Gasteiger partial charge in [-0.15, -0.1) is 0 Å². The van der Waals surface area contributed by atoms with Crippen LogP contribution >= 0.6 is 0 Å². The number of hydrogen-bond acceptors (Lipinski definition) is 2. The summed E-state index contributed by atoms with van der Waals surface area (Å²) in [5, 5.41) is 12.8. The van der Waals surface area contributed by atoms with Gasteiger partial charge in [0.1, 0.15) is 0 Å². The number of nitrogens with zero attached hydrogens (tertiary/aromatic N) is 1. The van der Waals surface area contributed by atoms with Crippen LogP contribution in [0.15, 0.2) is 48.5 Å². The van der Waals surface area contributed by atoms with E-state index in [1.807, 2.05) is 50.2 Å². The second kappa shape index (κ2) is 7.31. The Morgan fingerprint density at radius 3 is 2.22 bits per heavy atom. The van der Waals surface area contributed by atoms with E-state index in [0.717, 1.165) is 21.7 Å². The number of hydrazine groups is 1. The number of anilines is 1. The van der Waals surface area contributed by atoms with Gasteiger partial charge in [-0.2, -0.15) is 5.01 Å². The Hall–Kier alpha value is -3.02. The highest BCUT2D eigenvalue weighted by Gasteiger charge is 2.17. The lowest BCUT2D eigenvalue weighted by Crippen LogP contribution is -2.50. The fourth-order valence-electron chi connectivity index (χ4n) is 2.22. The average Bonchev–Trinajstić information content (AvgIpc) is 2.50. The summed E-state index contributed by atoms with van der Waals surface area (Å²) >= 11 is 0. The van der Waals surface area contributed by atoms with Crippen molar-refractivity contribution >= 4 is 17.8 Å². The van der Waals surface area contributed by atoms with E-state index in [1.165, 1.54) is 0 Å². The van der Waals surface area contributed by atoms with Gasteiger partial charge in [0, 0.05) is 6.54 Å². The molecule has 0 aromatic heterocycles. The molecule has 6 heteroatoms. The number of carbonyl (C=O) groups is 2. The minimum absolute atomic E-state index is 0.312. The second-order valence-corrected chi connectivity index (χ2v) is 5.24. The van der Waals surface area contributed by atoms with Crippen LogP contribution in [0.4, 0.5) is 15.3 Å². The number of nitrogens with one attached hydrogen (secondary N) is 2. The van der Waals surface area contributed by atoms with Crippen molar-refractivity contribution in [3.63, 3.8) is 0 Å². The molecule has 6 nitrogen and oxygen atoms in total. The van der Waals surface area contributed by atoms with Crippen LogP contribution in [0.3, 0.4) is 0 Å². The van der Waals surface area contributed by atoms with E-state index in [-0.39, 0.29) is 0 Å². The summed E-state index contributed by atoms with van der Waals surface area (Å²) in [6.45, 7) is 4.05. The lowest BCUT2D eigenvalue weighted by molar-refractivity contribution is 0.196. The Morgan fingerprint density at radius 2 is 1.65 bits per heavy atom. The Kier molecular flexibility index (Phi) is 5.19. The number of rotatable bonds is 3. The Labute approximate surface area is 134 Å². The zero-order valence-electron chi connectivity index (χ0n) is 13.0. The third-order valence-electron chi connectivity index (χ3n) is 3.17. The van der Waals surface area contributed by atoms with Gasteiger partial charge in [0.05, 0.1) is 5.69 Å². The lowest BCUT2D eigenvalue weighted by Gasteiger charge is -2.21. The molecule has 0 atom stereocenters. The summed E-state index contributed by atoms with van der Waals surface area (Å²) in [5.74, 6) is 0. The molecule has 0 radical (unpaired) electrons. The highest BCUT2D eigenvalue weighted by atomic mass is 16.4. The van der Waals surface area contributed by atoms with Crippen molar-refractivity contribution in [1.82, 2.24) is 10.7 Å². The molecule has 3 amide bonds. The number of urea groups is 1. The number of carbonyl (C=O) groups excluding carboxylic acids is 1. The van der Waals surface area contributed by atoms with Gasteiger partial charge in [0.15, 0.2) is 0 Å². The first-order valence-electron chi connectivity index (χ1n) is 7.15. The summed E-state index contributed by atoms with van der Waals surface area (Å²) < 4.78 is 0. The molecule has 23 heavy (non-hydrogen) atoms. The van der Waals surface area contributed by atoms with Gasteiger partial charge < -0.3 is 10.4 Å². The van der Waals surface area contributed by atoms with Gasteiger partial charge in [0.25, 0.3) is 0 Å². The Balaban J connectivity index is 2.04. The number of amides is 3. The molecule has 0 bridgehead atoms. The van der Waals surface area contributed by atoms with Gasteiger partial charge in [0.2, 0.25) is 0 Å². The number of carboxylic acid groups (broad SMARTS) is 1. The molecule has 2 aromatic rings. The maximum Gasteiger partial charge on any atom is 0.431 e. The standard InChI is InChI=1S/C17H19N3O3/c1-12-8-13(2)10-15(9-12)20(17(22)23)19-16(21)18-11-14-6-4-3-5-7-14/h3-10H,11H2,1-2H3,(H,22,23)(H2,18,19,21). The van der Waals surface area contributed by atoms with E-state index in [9.17, 15) is 14.7 Å². The van der Waals surface area contributed by atoms with Crippen molar-refractivity contribution in [3.8, 4) is 0 Å². The normalized spacial score (nSPS) is 10.0. The van der Waals surface area contributed by atoms with Crippen molar-refractivity contribution < 1.29 is 14.7 Å². The smallest absolute Gasteiger partial charge is 0.431 e. The van der Waals surface area contributed by atoms with Crippen LogP contribution < -0.4 is 15.8 Å².